The zero-order valence-corrected chi connectivity index (χ0v) is 17.5. The molecule has 5 atom stereocenters. The zero-order valence-electron chi connectivity index (χ0n) is 17.5. The van der Waals surface area contributed by atoms with Crippen LogP contribution in [-0.4, -0.2) is 53.4 Å². The molecule has 0 saturated carbocycles. The molecule has 0 aliphatic carbocycles. The van der Waals surface area contributed by atoms with Crippen molar-refractivity contribution in [3.8, 4) is 0 Å². The minimum absolute atomic E-state index is 0.0772. The van der Waals surface area contributed by atoms with E-state index >= 15 is 0 Å². The molecule has 3 heterocycles. The van der Waals surface area contributed by atoms with Gasteiger partial charge < -0.3 is 10.5 Å². The van der Waals surface area contributed by atoms with Gasteiger partial charge in [0.2, 0.25) is 11.8 Å². The molecule has 32 heavy (non-hydrogen) atoms. The Morgan fingerprint density at radius 1 is 1.00 bits per heavy atom. The Hall–Kier alpha value is -2.68. The SMILES string of the molecule is N[C@H]1C[C@@H](N2CC3C(=O)N(Cc4ccccc4)C(=O)C3C2)CO[C@@H]1c1cc(F)ccc1F. The van der Waals surface area contributed by atoms with E-state index in [0.29, 0.717) is 26.1 Å². The second kappa shape index (κ2) is 8.35. The van der Waals surface area contributed by atoms with Crippen LogP contribution in [0.2, 0.25) is 0 Å². The van der Waals surface area contributed by atoms with Gasteiger partial charge in [-0.15, -0.1) is 0 Å². The first-order valence-corrected chi connectivity index (χ1v) is 10.9. The van der Waals surface area contributed by atoms with E-state index in [1.165, 1.54) is 4.90 Å². The lowest BCUT2D eigenvalue weighted by Crippen LogP contribution is -2.49. The van der Waals surface area contributed by atoms with Crippen LogP contribution in [-0.2, 0) is 20.9 Å². The molecule has 8 heteroatoms. The first-order chi connectivity index (χ1) is 15.4. The number of carbonyl (C=O) groups excluding carboxylic acids is 2. The lowest BCUT2D eigenvalue weighted by atomic mass is 9.93. The van der Waals surface area contributed by atoms with Crippen LogP contribution in [0.15, 0.2) is 48.5 Å². The van der Waals surface area contributed by atoms with E-state index in [9.17, 15) is 18.4 Å². The highest BCUT2D eigenvalue weighted by Crippen LogP contribution is 2.38. The van der Waals surface area contributed by atoms with Crippen LogP contribution in [0.25, 0.3) is 0 Å². The highest BCUT2D eigenvalue weighted by Gasteiger charge is 2.53. The summed E-state index contributed by atoms with van der Waals surface area (Å²) in [6.07, 6.45) is -0.218. The fourth-order valence-electron chi connectivity index (χ4n) is 5.22. The van der Waals surface area contributed by atoms with Crippen LogP contribution in [0.5, 0.6) is 0 Å². The second-order valence-corrected chi connectivity index (χ2v) is 8.89. The topological polar surface area (TPSA) is 75.9 Å². The minimum atomic E-state index is -0.728. The van der Waals surface area contributed by atoms with Crippen LogP contribution >= 0.6 is 0 Å². The molecule has 6 nitrogen and oxygen atoms in total. The Morgan fingerprint density at radius 3 is 2.34 bits per heavy atom. The van der Waals surface area contributed by atoms with Gasteiger partial charge in [0.1, 0.15) is 17.7 Å². The largest absolute Gasteiger partial charge is 0.370 e. The van der Waals surface area contributed by atoms with Crippen molar-refractivity contribution in [2.75, 3.05) is 19.7 Å². The minimum Gasteiger partial charge on any atom is -0.370 e. The number of carbonyl (C=O) groups is 2. The van der Waals surface area contributed by atoms with Crippen molar-refractivity contribution in [3.63, 3.8) is 0 Å². The van der Waals surface area contributed by atoms with Gasteiger partial charge in [0.25, 0.3) is 0 Å². The van der Waals surface area contributed by atoms with Crippen molar-refractivity contribution in [1.29, 1.82) is 0 Å². The molecule has 168 valence electrons. The van der Waals surface area contributed by atoms with Gasteiger partial charge in [-0.1, -0.05) is 30.3 Å². The van der Waals surface area contributed by atoms with Gasteiger partial charge in [-0.25, -0.2) is 8.78 Å². The first kappa shape index (κ1) is 21.2. The number of hydrogen-bond acceptors (Lipinski definition) is 5. The quantitative estimate of drug-likeness (QED) is 0.737. The molecule has 3 aliphatic heterocycles. The Labute approximate surface area is 184 Å². The van der Waals surface area contributed by atoms with Crippen LogP contribution in [0.1, 0.15) is 23.7 Å². The summed E-state index contributed by atoms with van der Waals surface area (Å²) < 4.78 is 33.6. The van der Waals surface area contributed by atoms with Crippen molar-refractivity contribution in [2.45, 2.75) is 31.2 Å². The third-order valence-electron chi connectivity index (χ3n) is 6.88. The average molecular weight is 441 g/mol. The molecule has 5 rings (SSSR count). The number of benzene rings is 2. The number of likely N-dealkylation sites (tertiary alicyclic amines) is 2. The highest BCUT2D eigenvalue weighted by molar-refractivity contribution is 6.05. The van der Waals surface area contributed by atoms with E-state index in [1.54, 1.807) is 0 Å². The highest BCUT2D eigenvalue weighted by atomic mass is 19.1. The maximum absolute atomic E-state index is 14.2. The average Bonchev–Trinajstić information content (AvgIpc) is 3.32. The van der Waals surface area contributed by atoms with Crippen LogP contribution in [0, 0.1) is 23.5 Å². The molecule has 2 aromatic rings. The van der Waals surface area contributed by atoms with E-state index < -0.39 is 23.8 Å². The van der Waals surface area contributed by atoms with E-state index in [0.717, 1.165) is 23.8 Å². The van der Waals surface area contributed by atoms with Gasteiger partial charge in [-0.3, -0.25) is 19.4 Å². The maximum Gasteiger partial charge on any atom is 0.234 e. The number of amides is 2. The van der Waals surface area contributed by atoms with Crippen LogP contribution in [0.3, 0.4) is 0 Å². The van der Waals surface area contributed by atoms with E-state index in [2.05, 4.69) is 4.90 Å². The molecule has 0 bridgehead atoms. The molecule has 0 aromatic heterocycles. The predicted octanol–water partition coefficient (Wildman–Crippen LogP) is 2.24. The third-order valence-corrected chi connectivity index (χ3v) is 6.88. The van der Waals surface area contributed by atoms with E-state index in [4.69, 9.17) is 10.5 Å². The van der Waals surface area contributed by atoms with Gasteiger partial charge in [-0.2, -0.15) is 0 Å². The smallest absolute Gasteiger partial charge is 0.234 e. The number of imide groups is 1. The number of ether oxygens (including phenoxy) is 1. The third kappa shape index (κ3) is 3.72. The summed E-state index contributed by atoms with van der Waals surface area (Å²) in [6.45, 7) is 1.52. The zero-order chi connectivity index (χ0) is 22.4. The molecule has 3 aliphatic rings. The van der Waals surface area contributed by atoms with Gasteiger partial charge in [0, 0.05) is 30.7 Å². The van der Waals surface area contributed by atoms with Crippen molar-refractivity contribution >= 4 is 11.8 Å². The number of hydrogen-bond donors (Lipinski definition) is 1. The maximum atomic E-state index is 14.2. The Kier molecular flexibility index (Phi) is 5.53. The van der Waals surface area contributed by atoms with Gasteiger partial charge in [0.15, 0.2) is 0 Å². The van der Waals surface area contributed by atoms with Gasteiger partial charge in [-0.05, 0) is 30.2 Å². The number of fused-ring (bicyclic) bond motifs is 1. The fraction of sp³-hybridized carbons (Fsp3) is 0.417. The normalized spacial score (nSPS) is 30.7. The number of halogens is 2. The van der Waals surface area contributed by atoms with Gasteiger partial charge >= 0.3 is 0 Å². The molecule has 0 radical (unpaired) electrons. The Morgan fingerprint density at radius 2 is 1.69 bits per heavy atom. The number of rotatable bonds is 4. The molecule has 3 saturated heterocycles. The number of nitrogens with two attached hydrogens (primary N) is 1. The first-order valence-electron chi connectivity index (χ1n) is 10.9. The summed E-state index contributed by atoms with van der Waals surface area (Å²) in [7, 11) is 0. The molecular weight excluding hydrogens is 416 g/mol. The lowest BCUT2D eigenvalue weighted by molar-refractivity contribution is -0.141. The van der Waals surface area contributed by atoms with Crippen LogP contribution in [0.4, 0.5) is 8.78 Å². The van der Waals surface area contributed by atoms with E-state index in [1.807, 2.05) is 30.3 Å². The van der Waals surface area contributed by atoms with Crippen LogP contribution < -0.4 is 5.73 Å². The standard InChI is InChI=1S/C24H25F2N3O3/c25-15-6-7-20(26)17(8-15)22-21(27)9-16(13-32-22)28-11-18-19(12-28)24(31)29(23(18)30)10-14-4-2-1-3-5-14/h1-8,16,18-19,21-22H,9-13,27H2/t16-,18?,19?,21+,22-/m1/s1. The summed E-state index contributed by atoms with van der Waals surface area (Å²) >= 11 is 0. The molecular formula is C24H25F2N3O3. The monoisotopic (exact) mass is 441 g/mol. The Bertz CT molecular complexity index is 1010. The molecule has 2 N–H and O–H groups in total. The summed E-state index contributed by atoms with van der Waals surface area (Å²) in [5.41, 5.74) is 7.33. The molecule has 2 aromatic carbocycles. The van der Waals surface area contributed by atoms with Crippen molar-refractivity contribution in [2.24, 2.45) is 17.6 Å². The summed E-state index contributed by atoms with van der Waals surface area (Å²) in [6, 6.07) is 12.1. The lowest BCUT2D eigenvalue weighted by Gasteiger charge is -2.39. The Balaban J connectivity index is 1.23. The second-order valence-electron chi connectivity index (χ2n) is 8.89. The van der Waals surface area contributed by atoms with Crippen molar-refractivity contribution < 1.29 is 23.1 Å². The summed E-state index contributed by atoms with van der Waals surface area (Å²) in [5, 5.41) is 0. The predicted molar refractivity (Wildman–Crippen MR) is 112 cm³/mol. The molecule has 2 amide bonds. The summed E-state index contributed by atoms with van der Waals surface area (Å²) in [4.78, 5) is 29.3. The fourth-order valence-corrected chi connectivity index (χ4v) is 5.22. The molecule has 0 spiro atoms. The summed E-state index contributed by atoms with van der Waals surface area (Å²) in [5.74, 6) is -2.07. The van der Waals surface area contributed by atoms with E-state index in [-0.39, 0.29) is 41.9 Å². The molecule has 2 unspecified atom stereocenters. The van der Waals surface area contributed by atoms with Gasteiger partial charge in [0.05, 0.1) is 25.0 Å². The van der Waals surface area contributed by atoms with Crippen molar-refractivity contribution in [1.82, 2.24) is 9.80 Å². The van der Waals surface area contributed by atoms with Crippen molar-refractivity contribution in [3.05, 3.63) is 71.3 Å². The number of nitrogens with zero attached hydrogens (tertiary/aromatic N) is 2. The molecule has 3 fully saturated rings.